The van der Waals surface area contributed by atoms with Gasteiger partial charge in [-0.25, -0.2) is 0 Å². The Morgan fingerprint density at radius 2 is 1.78 bits per heavy atom. The van der Waals surface area contributed by atoms with Gasteiger partial charge in [-0.2, -0.15) is 0 Å². The molecular formula is C15H24BrClS. The van der Waals surface area contributed by atoms with Crippen LogP contribution in [-0.4, -0.2) is 0 Å². The molecule has 0 aromatic carbocycles. The summed E-state index contributed by atoms with van der Waals surface area (Å²) in [7, 11) is 0. The SMILES string of the molecule is CCCCCCCCCC(Cl)c1cc(C)c(Br)s1. The quantitative estimate of drug-likeness (QED) is 0.325. The number of unbranched alkanes of at least 4 members (excludes halogenated alkanes) is 6. The number of hydrogen-bond donors (Lipinski definition) is 0. The van der Waals surface area contributed by atoms with Crippen molar-refractivity contribution in [3.63, 3.8) is 0 Å². The van der Waals surface area contributed by atoms with Crippen molar-refractivity contribution < 1.29 is 0 Å². The molecule has 1 aromatic heterocycles. The van der Waals surface area contributed by atoms with Gasteiger partial charge in [0.05, 0.1) is 9.16 Å². The fourth-order valence-corrected chi connectivity index (χ4v) is 4.00. The van der Waals surface area contributed by atoms with Crippen LogP contribution in [0, 0.1) is 6.92 Å². The fraction of sp³-hybridized carbons (Fsp3) is 0.733. The second-order valence-corrected chi connectivity index (χ2v) is 7.91. The maximum Gasteiger partial charge on any atom is 0.0731 e. The van der Waals surface area contributed by atoms with Gasteiger partial charge in [-0.05, 0) is 40.9 Å². The average molecular weight is 352 g/mol. The average Bonchev–Trinajstić information content (AvgIpc) is 2.68. The number of aryl methyl sites for hydroxylation is 1. The van der Waals surface area contributed by atoms with E-state index in [4.69, 9.17) is 11.6 Å². The lowest BCUT2D eigenvalue weighted by atomic mass is 10.1. The molecule has 3 heteroatoms. The highest BCUT2D eigenvalue weighted by Gasteiger charge is 2.12. The molecule has 0 amide bonds. The maximum absolute atomic E-state index is 6.44. The maximum atomic E-state index is 6.44. The molecule has 0 bridgehead atoms. The molecular weight excluding hydrogens is 328 g/mol. The molecule has 0 aliphatic rings. The Balaban J connectivity index is 2.12. The van der Waals surface area contributed by atoms with Gasteiger partial charge in [-0.3, -0.25) is 0 Å². The summed E-state index contributed by atoms with van der Waals surface area (Å²) in [6.07, 6.45) is 10.6. The van der Waals surface area contributed by atoms with Crippen LogP contribution in [0.25, 0.3) is 0 Å². The van der Waals surface area contributed by atoms with E-state index in [0.717, 1.165) is 6.42 Å². The molecule has 18 heavy (non-hydrogen) atoms. The standard InChI is InChI=1S/C15H24BrClS/c1-3-4-5-6-7-8-9-10-13(17)14-11-12(2)15(16)18-14/h11,13H,3-10H2,1-2H3. The van der Waals surface area contributed by atoms with Crippen molar-refractivity contribution in [2.45, 2.75) is 70.6 Å². The Hall–Kier alpha value is 0.470. The lowest BCUT2D eigenvalue weighted by molar-refractivity contribution is 0.573. The predicted molar refractivity (Wildman–Crippen MR) is 88.0 cm³/mol. The number of hydrogen-bond acceptors (Lipinski definition) is 1. The van der Waals surface area contributed by atoms with Gasteiger partial charge in [0, 0.05) is 4.88 Å². The van der Waals surface area contributed by atoms with E-state index < -0.39 is 0 Å². The monoisotopic (exact) mass is 350 g/mol. The first-order valence-electron chi connectivity index (χ1n) is 7.05. The van der Waals surface area contributed by atoms with E-state index in [1.54, 1.807) is 11.3 Å². The minimum absolute atomic E-state index is 0.204. The molecule has 1 rings (SSSR count). The van der Waals surface area contributed by atoms with E-state index in [0.29, 0.717) is 0 Å². The van der Waals surface area contributed by atoms with Crippen molar-refractivity contribution in [3.05, 3.63) is 20.3 Å². The Morgan fingerprint density at radius 1 is 1.17 bits per heavy atom. The first-order chi connectivity index (χ1) is 8.65. The Labute approximate surface area is 129 Å². The molecule has 0 aliphatic carbocycles. The summed E-state index contributed by atoms with van der Waals surface area (Å²) in [4.78, 5) is 1.31. The van der Waals surface area contributed by atoms with E-state index in [-0.39, 0.29) is 5.38 Å². The second kappa shape index (κ2) is 9.39. The highest BCUT2D eigenvalue weighted by Crippen LogP contribution is 2.36. The lowest BCUT2D eigenvalue weighted by Crippen LogP contribution is -1.87. The minimum Gasteiger partial charge on any atom is -0.131 e. The van der Waals surface area contributed by atoms with E-state index in [1.165, 1.54) is 59.2 Å². The van der Waals surface area contributed by atoms with Gasteiger partial charge in [0.1, 0.15) is 0 Å². The first-order valence-corrected chi connectivity index (χ1v) is 9.09. The number of alkyl halides is 1. The topological polar surface area (TPSA) is 0 Å². The predicted octanol–water partition coefficient (Wildman–Crippen LogP) is 7.24. The van der Waals surface area contributed by atoms with Crippen LogP contribution in [0.1, 0.15) is 74.1 Å². The largest absolute Gasteiger partial charge is 0.131 e. The Kier molecular flexibility index (Phi) is 8.62. The number of thiophene rings is 1. The summed E-state index contributed by atoms with van der Waals surface area (Å²) in [6, 6.07) is 2.22. The van der Waals surface area contributed by atoms with Gasteiger partial charge in [-0.15, -0.1) is 22.9 Å². The third kappa shape index (κ3) is 6.08. The van der Waals surface area contributed by atoms with E-state index in [9.17, 15) is 0 Å². The van der Waals surface area contributed by atoms with E-state index >= 15 is 0 Å². The van der Waals surface area contributed by atoms with Gasteiger partial charge in [0.15, 0.2) is 0 Å². The number of halogens is 2. The van der Waals surface area contributed by atoms with Gasteiger partial charge in [0.25, 0.3) is 0 Å². The third-order valence-electron chi connectivity index (χ3n) is 3.25. The smallest absolute Gasteiger partial charge is 0.0731 e. The van der Waals surface area contributed by atoms with Crippen molar-refractivity contribution in [3.8, 4) is 0 Å². The van der Waals surface area contributed by atoms with Crippen LogP contribution in [0.2, 0.25) is 0 Å². The van der Waals surface area contributed by atoms with E-state index in [2.05, 4.69) is 35.8 Å². The summed E-state index contributed by atoms with van der Waals surface area (Å²) in [5.41, 5.74) is 1.31. The zero-order valence-electron chi connectivity index (χ0n) is 11.5. The first kappa shape index (κ1) is 16.5. The molecule has 0 N–H and O–H groups in total. The molecule has 0 saturated carbocycles. The lowest BCUT2D eigenvalue weighted by Gasteiger charge is -2.06. The van der Waals surface area contributed by atoms with E-state index in [1.807, 2.05) is 0 Å². The molecule has 1 heterocycles. The van der Waals surface area contributed by atoms with Crippen LogP contribution in [0.3, 0.4) is 0 Å². The molecule has 104 valence electrons. The van der Waals surface area contributed by atoms with Crippen molar-refractivity contribution >= 4 is 38.9 Å². The highest BCUT2D eigenvalue weighted by atomic mass is 79.9. The summed E-state index contributed by atoms with van der Waals surface area (Å²) in [5.74, 6) is 0. The molecule has 1 atom stereocenters. The van der Waals surface area contributed by atoms with Crippen LogP contribution in [-0.2, 0) is 0 Å². The van der Waals surface area contributed by atoms with Crippen molar-refractivity contribution in [1.29, 1.82) is 0 Å². The van der Waals surface area contributed by atoms with Crippen molar-refractivity contribution in [2.24, 2.45) is 0 Å². The van der Waals surface area contributed by atoms with Crippen LogP contribution < -0.4 is 0 Å². The van der Waals surface area contributed by atoms with Gasteiger partial charge < -0.3 is 0 Å². The van der Waals surface area contributed by atoms with Crippen LogP contribution >= 0.6 is 38.9 Å². The normalized spacial score (nSPS) is 12.9. The van der Waals surface area contributed by atoms with Gasteiger partial charge in [-0.1, -0.05) is 51.9 Å². The molecule has 0 spiro atoms. The summed E-state index contributed by atoms with van der Waals surface area (Å²) in [6.45, 7) is 4.39. The molecule has 0 radical (unpaired) electrons. The third-order valence-corrected chi connectivity index (χ3v) is 6.08. The fourth-order valence-electron chi connectivity index (χ4n) is 2.06. The zero-order chi connectivity index (χ0) is 13.4. The summed E-state index contributed by atoms with van der Waals surface area (Å²) in [5, 5.41) is 0.204. The van der Waals surface area contributed by atoms with Gasteiger partial charge in [0.2, 0.25) is 0 Å². The second-order valence-electron chi connectivity index (χ2n) is 4.98. The summed E-state index contributed by atoms with van der Waals surface area (Å²) < 4.78 is 1.22. The zero-order valence-corrected chi connectivity index (χ0v) is 14.6. The van der Waals surface area contributed by atoms with Gasteiger partial charge >= 0.3 is 0 Å². The highest BCUT2D eigenvalue weighted by molar-refractivity contribution is 9.11. The van der Waals surface area contributed by atoms with Crippen molar-refractivity contribution in [2.75, 3.05) is 0 Å². The Morgan fingerprint density at radius 3 is 2.33 bits per heavy atom. The number of rotatable bonds is 9. The van der Waals surface area contributed by atoms with Crippen molar-refractivity contribution in [1.82, 2.24) is 0 Å². The van der Waals surface area contributed by atoms with Crippen LogP contribution in [0.5, 0.6) is 0 Å². The van der Waals surface area contributed by atoms with Crippen LogP contribution in [0.4, 0.5) is 0 Å². The molecule has 0 fully saturated rings. The minimum atomic E-state index is 0.204. The Bertz CT molecular complexity index is 316. The molecule has 1 unspecified atom stereocenters. The molecule has 0 saturated heterocycles. The molecule has 0 aliphatic heterocycles. The van der Waals surface area contributed by atoms with Crippen LogP contribution in [0.15, 0.2) is 9.85 Å². The molecule has 0 nitrogen and oxygen atoms in total. The molecule has 1 aromatic rings. The summed E-state index contributed by atoms with van der Waals surface area (Å²) >= 11 is 11.8.